The summed E-state index contributed by atoms with van der Waals surface area (Å²) in [6.45, 7) is 4.33. The summed E-state index contributed by atoms with van der Waals surface area (Å²) >= 11 is 0. The van der Waals surface area contributed by atoms with Crippen LogP contribution in [0, 0.1) is 11.6 Å². The van der Waals surface area contributed by atoms with Gasteiger partial charge in [0.2, 0.25) is 0 Å². The lowest BCUT2D eigenvalue weighted by Crippen LogP contribution is -2.51. The van der Waals surface area contributed by atoms with E-state index in [-0.39, 0.29) is 24.8 Å². The molecule has 2 amide bonds. The number of carbonyl (C=O) groups excluding carboxylic acids is 2. The van der Waals surface area contributed by atoms with Gasteiger partial charge in [0.25, 0.3) is 11.8 Å². The van der Waals surface area contributed by atoms with Crippen LogP contribution in [0.3, 0.4) is 0 Å². The average molecular weight is 463 g/mol. The van der Waals surface area contributed by atoms with Crippen LogP contribution in [-0.4, -0.2) is 77.1 Å². The summed E-state index contributed by atoms with van der Waals surface area (Å²) < 4.78 is 27.7. The van der Waals surface area contributed by atoms with Gasteiger partial charge in [0.05, 0.1) is 11.9 Å². The molecule has 1 aliphatic carbocycles. The van der Waals surface area contributed by atoms with Crippen molar-refractivity contribution in [2.24, 2.45) is 0 Å². The molecule has 10 heteroatoms. The predicted octanol–water partition coefficient (Wildman–Crippen LogP) is 2.86. The number of aromatic amines is 1. The third kappa shape index (κ3) is 5.75. The SMILES string of the molecule is C.CN1CCN(C2CCC(NC(=O)c3[nH]ncc3NC(=O)c3c(F)cccc3F)CC2)CC1. The molecule has 2 aliphatic rings. The second-order valence-electron chi connectivity index (χ2n) is 8.53. The predicted molar refractivity (Wildman–Crippen MR) is 122 cm³/mol. The minimum absolute atomic E-state index is 0. The van der Waals surface area contributed by atoms with E-state index in [0.717, 1.165) is 64.0 Å². The maximum atomic E-state index is 13.9. The van der Waals surface area contributed by atoms with Crippen molar-refractivity contribution in [2.45, 2.75) is 45.2 Å². The van der Waals surface area contributed by atoms with Crippen molar-refractivity contribution in [1.82, 2.24) is 25.3 Å². The van der Waals surface area contributed by atoms with Gasteiger partial charge in [-0.1, -0.05) is 13.5 Å². The first-order valence-electron chi connectivity index (χ1n) is 10.9. The van der Waals surface area contributed by atoms with Gasteiger partial charge >= 0.3 is 0 Å². The van der Waals surface area contributed by atoms with Crippen LogP contribution in [0.1, 0.15) is 54.0 Å². The van der Waals surface area contributed by atoms with E-state index in [1.54, 1.807) is 0 Å². The zero-order chi connectivity index (χ0) is 22.7. The first-order valence-corrected chi connectivity index (χ1v) is 10.9. The number of hydrogen-bond donors (Lipinski definition) is 3. The van der Waals surface area contributed by atoms with Crippen LogP contribution in [0.4, 0.5) is 14.5 Å². The van der Waals surface area contributed by atoms with E-state index >= 15 is 0 Å². The number of anilines is 1. The number of H-pyrrole nitrogens is 1. The van der Waals surface area contributed by atoms with E-state index in [4.69, 9.17) is 0 Å². The topological polar surface area (TPSA) is 93.4 Å². The number of piperazine rings is 1. The molecular weight excluding hydrogens is 430 g/mol. The van der Waals surface area contributed by atoms with Crippen LogP contribution in [0.15, 0.2) is 24.4 Å². The Labute approximate surface area is 192 Å². The van der Waals surface area contributed by atoms with Crippen molar-refractivity contribution >= 4 is 17.5 Å². The lowest BCUT2D eigenvalue weighted by atomic mass is 9.89. The Morgan fingerprint density at radius 2 is 1.67 bits per heavy atom. The maximum absolute atomic E-state index is 13.9. The zero-order valence-corrected chi connectivity index (χ0v) is 18.0. The molecule has 1 aromatic heterocycles. The first kappa shape index (κ1) is 24.8. The summed E-state index contributed by atoms with van der Waals surface area (Å²) in [4.78, 5) is 30.0. The summed E-state index contributed by atoms with van der Waals surface area (Å²) in [5.41, 5.74) is -0.583. The molecule has 33 heavy (non-hydrogen) atoms. The highest BCUT2D eigenvalue weighted by Crippen LogP contribution is 2.25. The van der Waals surface area contributed by atoms with Crippen molar-refractivity contribution in [3.63, 3.8) is 0 Å². The molecule has 2 aromatic rings. The number of carbonyl (C=O) groups is 2. The molecule has 0 radical (unpaired) electrons. The van der Waals surface area contributed by atoms with Crippen LogP contribution < -0.4 is 10.6 Å². The Balaban J connectivity index is 0.00000306. The average Bonchev–Trinajstić information content (AvgIpc) is 3.23. The number of halogens is 2. The van der Waals surface area contributed by atoms with Crippen molar-refractivity contribution in [1.29, 1.82) is 0 Å². The molecule has 1 saturated carbocycles. The molecule has 180 valence electrons. The molecule has 2 heterocycles. The lowest BCUT2D eigenvalue weighted by Gasteiger charge is -2.41. The molecule has 4 rings (SSSR count). The summed E-state index contributed by atoms with van der Waals surface area (Å²) in [6.07, 6.45) is 5.04. The highest BCUT2D eigenvalue weighted by Gasteiger charge is 2.29. The van der Waals surface area contributed by atoms with Gasteiger partial charge in [-0.3, -0.25) is 19.6 Å². The normalized spacial score (nSPS) is 21.8. The van der Waals surface area contributed by atoms with Gasteiger partial charge in [-0.05, 0) is 44.9 Å². The Bertz CT molecular complexity index is 945. The molecule has 0 bridgehead atoms. The minimum Gasteiger partial charge on any atom is -0.348 e. The second-order valence-corrected chi connectivity index (χ2v) is 8.53. The van der Waals surface area contributed by atoms with Crippen molar-refractivity contribution in [3.05, 3.63) is 47.3 Å². The van der Waals surface area contributed by atoms with Crippen LogP contribution in [0.2, 0.25) is 0 Å². The molecule has 2 fully saturated rings. The molecule has 0 atom stereocenters. The van der Waals surface area contributed by atoms with E-state index in [0.29, 0.717) is 6.04 Å². The maximum Gasteiger partial charge on any atom is 0.271 e. The molecule has 3 N–H and O–H groups in total. The van der Waals surface area contributed by atoms with E-state index in [1.165, 1.54) is 12.3 Å². The third-order valence-electron chi connectivity index (χ3n) is 6.39. The molecular formula is C23H32F2N6O2. The summed E-state index contributed by atoms with van der Waals surface area (Å²) in [5.74, 6) is -3.35. The highest BCUT2D eigenvalue weighted by atomic mass is 19.1. The zero-order valence-electron chi connectivity index (χ0n) is 18.0. The van der Waals surface area contributed by atoms with Gasteiger partial charge < -0.3 is 15.5 Å². The Morgan fingerprint density at radius 3 is 2.30 bits per heavy atom. The Morgan fingerprint density at radius 1 is 1.03 bits per heavy atom. The van der Waals surface area contributed by atoms with E-state index < -0.39 is 29.0 Å². The van der Waals surface area contributed by atoms with Crippen LogP contribution >= 0.6 is 0 Å². The number of amides is 2. The summed E-state index contributed by atoms with van der Waals surface area (Å²) in [5, 5.41) is 11.7. The quantitative estimate of drug-likeness (QED) is 0.636. The fourth-order valence-electron chi connectivity index (χ4n) is 4.48. The summed E-state index contributed by atoms with van der Waals surface area (Å²) in [6, 6.07) is 3.76. The lowest BCUT2D eigenvalue weighted by molar-refractivity contribution is 0.0789. The number of rotatable bonds is 5. The number of likely N-dealkylation sites (N-methyl/N-ethyl adjacent to an activating group) is 1. The number of nitrogens with zero attached hydrogens (tertiary/aromatic N) is 3. The third-order valence-corrected chi connectivity index (χ3v) is 6.39. The fourth-order valence-corrected chi connectivity index (χ4v) is 4.48. The van der Waals surface area contributed by atoms with E-state index in [1.807, 2.05) is 0 Å². The molecule has 0 spiro atoms. The van der Waals surface area contributed by atoms with Gasteiger partial charge in [-0.2, -0.15) is 5.10 Å². The Hall–Kier alpha value is -2.85. The second kappa shape index (κ2) is 10.8. The van der Waals surface area contributed by atoms with Crippen molar-refractivity contribution in [2.75, 3.05) is 38.5 Å². The van der Waals surface area contributed by atoms with Crippen molar-refractivity contribution < 1.29 is 18.4 Å². The van der Waals surface area contributed by atoms with Gasteiger partial charge in [-0.15, -0.1) is 0 Å². The molecule has 0 unspecified atom stereocenters. The number of hydrogen-bond acceptors (Lipinski definition) is 5. The largest absolute Gasteiger partial charge is 0.348 e. The van der Waals surface area contributed by atoms with Gasteiger partial charge in [0, 0.05) is 38.3 Å². The standard InChI is InChI=1S/C22H28F2N6O2.CH4/c1-29-9-11-30(12-10-29)15-7-5-14(6-8-15)26-22(32)20-18(13-25-28-20)27-21(31)19-16(23)3-2-4-17(19)24;/h2-4,13-15H,5-12H2,1H3,(H,25,28)(H,26,32)(H,27,31);1H4. The van der Waals surface area contributed by atoms with E-state index in [9.17, 15) is 18.4 Å². The molecule has 8 nitrogen and oxygen atoms in total. The van der Waals surface area contributed by atoms with Crippen LogP contribution in [0.25, 0.3) is 0 Å². The number of nitrogens with one attached hydrogen (secondary N) is 3. The Kier molecular flexibility index (Phi) is 8.15. The fraction of sp³-hybridized carbons (Fsp3) is 0.522. The van der Waals surface area contributed by atoms with Gasteiger partial charge in [0.1, 0.15) is 22.9 Å². The smallest absolute Gasteiger partial charge is 0.271 e. The monoisotopic (exact) mass is 462 g/mol. The molecule has 1 aliphatic heterocycles. The van der Waals surface area contributed by atoms with Crippen LogP contribution in [0.5, 0.6) is 0 Å². The molecule has 1 saturated heterocycles. The first-order chi connectivity index (χ1) is 15.4. The van der Waals surface area contributed by atoms with Gasteiger partial charge in [0.15, 0.2) is 0 Å². The van der Waals surface area contributed by atoms with Gasteiger partial charge in [-0.25, -0.2) is 8.78 Å². The summed E-state index contributed by atoms with van der Waals surface area (Å²) in [7, 11) is 2.14. The molecule has 1 aromatic carbocycles. The number of aromatic nitrogens is 2. The van der Waals surface area contributed by atoms with Crippen LogP contribution in [-0.2, 0) is 0 Å². The minimum atomic E-state index is -0.983. The number of benzene rings is 1. The van der Waals surface area contributed by atoms with Crippen molar-refractivity contribution in [3.8, 4) is 0 Å². The highest BCUT2D eigenvalue weighted by molar-refractivity contribution is 6.08. The van der Waals surface area contributed by atoms with E-state index in [2.05, 4.69) is 37.7 Å².